The Hall–Kier alpha value is -1.89. The highest BCUT2D eigenvalue weighted by Gasteiger charge is 2.11. The van der Waals surface area contributed by atoms with Crippen molar-refractivity contribution >= 4 is 27.7 Å². The molecule has 0 unspecified atom stereocenters. The van der Waals surface area contributed by atoms with Crippen LogP contribution in [-0.2, 0) is 4.79 Å². The first-order valence-electron chi connectivity index (χ1n) is 5.86. The zero-order valence-corrected chi connectivity index (χ0v) is 12.5. The Morgan fingerprint density at radius 3 is 2.85 bits per heavy atom. The van der Waals surface area contributed by atoms with Gasteiger partial charge in [0, 0.05) is 15.7 Å². The van der Waals surface area contributed by atoms with E-state index in [4.69, 9.17) is 4.74 Å². The molecule has 0 radical (unpaired) electrons. The number of ether oxygens (including phenoxy) is 1. The number of hydrogen-bond acceptors (Lipinski definition) is 3. The summed E-state index contributed by atoms with van der Waals surface area (Å²) in [5.41, 5.74) is 1.73. The van der Waals surface area contributed by atoms with Gasteiger partial charge in [-0.3, -0.25) is 9.89 Å². The van der Waals surface area contributed by atoms with Gasteiger partial charge in [0.25, 0.3) is 5.91 Å². The first kappa shape index (κ1) is 14.5. The summed E-state index contributed by atoms with van der Waals surface area (Å²) >= 11 is 3.14. The fraction of sp³-hybridized carbons (Fsp3) is 0.231. The summed E-state index contributed by atoms with van der Waals surface area (Å²) in [6.45, 7) is 3.40. The van der Waals surface area contributed by atoms with Gasteiger partial charge >= 0.3 is 0 Å². The van der Waals surface area contributed by atoms with Gasteiger partial charge in [-0.15, -0.1) is 0 Å². The monoisotopic (exact) mass is 341 g/mol. The lowest BCUT2D eigenvalue weighted by molar-refractivity contribution is -0.118. The van der Waals surface area contributed by atoms with Crippen LogP contribution in [0, 0.1) is 19.7 Å². The third kappa shape index (κ3) is 3.36. The minimum absolute atomic E-state index is 0.0262. The maximum Gasteiger partial charge on any atom is 0.263 e. The molecule has 1 aromatic heterocycles. The van der Waals surface area contributed by atoms with E-state index in [9.17, 15) is 9.18 Å². The molecule has 2 rings (SSSR count). The van der Waals surface area contributed by atoms with Gasteiger partial charge < -0.3 is 10.1 Å². The fourth-order valence-corrected chi connectivity index (χ4v) is 1.84. The van der Waals surface area contributed by atoms with Crippen molar-refractivity contribution in [1.82, 2.24) is 10.2 Å². The highest BCUT2D eigenvalue weighted by atomic mass is 79.9. The number of anilines is 1. The topological polar surface area (TPSA) is 67.0 Å². The molecule has 0 fully saturated rings. The molecular weight excluding hydrogens is 329 g/mol. The van der Waals surface area contributed by atoms with Crippen molar-refractivity contribution in [3.05, 3.63) is 39.7 Å². The molecule has 0 aliphatic rings. The highest BCUT2D eigenvalue weighted by Crippen LogP contribution is 2.21. The number of aromatic amines is 1. The van der Waals surface area contributed by atoms with Crippen LogP contribution in [0.1, 0.15) is 11.3 Å². The molecule has 0 saturated carbocycles. The molecule has 1 amide bonds. The van der Waals surface area contributed by atoms with Crippen LogP contribution >= 0.6 is 15.9 Å². The van der Waals surface area contributed by atoms with Crippen molar-refractivity contribution in [1.29, 1.82) is 0 Å². The van der Waals surface area contributed by atoms with Gasteiger partial charge in [-0.2, -0.15) is 5.10 Å². The van der Waals surface area contributed by atoms with Crippen LogP contribution in [0.4, 0.5) is 10.2 Å². The van der Waals surface area contributed by atoms with Gasteiger partial charge in [0.1, 0.15) is 0 Å². The summed E-state index contributed by atoms with van der Waals surface area (Å²) in [4.78, 5) is 11.7. The molecule has 0 aliphatic carbocycles. The molecule has 0 spiro atoms. The number of halogens is 2. The van der Waals surface area contributed by atoms with Gasteiger partial charge in [0.05, 0.1) is 0 Å². The SMILES string of the molecule is Cc1[nH]nc(NC(=O)COc2ccc(Br)cc2F)c1C. The molecule has 0 atom stereocenters. The number of carbonyl (C=O) groups excluding carboxylic acids is 1. The van der Waals surface area contributed by atoms with Gasteiger partial charge in [-0.05, 0) is 32.0 Å². The van der Waals surface area contributed by atoms with E-state index < -0.39 is 11.7 Å². The van der Waals surface area contributed by atoms with E-state index in [2.05, 4.69) is 31.4 Å². The molecule has 106 valence electrons. The minimum atomic E-state index is -0.529. The number of H-pyrrole nitrogens is 1. The molecule has 5 nitrogen and oxygen atoms in total. The lowest BCUT2D eigenvalue weighted by Gasteiger charge is -2.07. The van der Waals surface area contributed by atoms with Gasteiger partial charge in [0.2, 0.25) is 0 Å². The highest BCUT2D eigenvalue weighted by molar-refractivity contribution is 9.10. The molecule has 7 heteroatoms. The van der Waals surface area contributed by atoms with Crippen molar-refractivity contribution in [3.63, 3.8) is 0 Å². The predicted molar refractivity (Wildman–Crippen MR) is 76.3 cm³/mol. The standard InChI is InChI=1S/C13H13BrFN3O2/c1-7-8(2)17-18-13(7)16-12(19)6-20-11-4-3-9(14)5-10(11)15/h3-5H,6H2,1-2H3,(H2,16,17,18,19). The Kier molecular flexibility index (Phi) is 4.39. The van der Waals surface area contributed by atoms with E-state index in [1.165, 1.54) is 12.1 Å². The third-order valence-corrected chi connectivity index (χ3v) is 3.26. The van der Waals surface area contributed by atoms with E-state index in [1.54, 1.807) is 6.07 Å². The van der Waals surface area contributed by atoms with E-state index in [0.717, 1.165) is 11.3 Å². The van der Waals surface area contributed by atoms with Crippen LogP contribution in [0.2, 0.25) is 0 Å². The maximum absolute atomic E-state index is 13.5. The minimum Gasteiger partial charge on any atom is -0.481 e. The number of aromatic nitrogens is 2. The van der Waals surface area contributed by atoms with Crippen molar-refractivity contribution in [2.45, 2.75) is 13.8 Å². The maximum atomic E-state index is 13.5. The quantitative estimate of drug-likeness (QED) is 0.898. The van der Waals surface area contributed by atoms with Crippen molar-refractivity contribution in [2.75, 3.05) is 11.9 Å². The number of carbonyl (C=O) groups is 1. The fourth-order valence-electron chi connectivity index (χ4n) is 1.51. The number of amides is 1. The second-order valence-corrected chi connectivity index (χ2v) is 5.15. The molecule has 1 heterocycles. The molecular formula is C13H13BrFN3O2. The molecule has 0 saturated heterocycles. The summed E-state index contributed by atoms with van der Waals surface area (Å²) in [6, 6.07) is 4.36. The van der Waals surface area contributed by atoms with E-state index in [1.807, 2.05) is 13.8 Å². The van der Waals surface area contributed by atoms with Gasteiger partial charge in [-0.1, -0.05) is 15.9 Å². The lowest BCUT2D eigenvalue weighted by atomic mass is 10.3. The lowest BCUT2D eigenvalue weighted by Crippen LogP contribution is -2.21. The van der Waals surface area contributed by atoms with Crippen molar-refractivity contribution in [2.24, 2.45) is 0 Å². The number of nitrogens with one attached hydrogen (secondary N) is 2. The number of rotatable bonds is 4. The molecule has 2 aromatic rings. The average Bonchev–Trinajstić information content (AvgIpc) is 2.70. The van der Waals surface area contributed by atoms with Gasteiger partial charge in [0.15, 0.2) is 24.0 Å². The Labute approximate surface area is 123 Å². The normalized spacial score (nSPS) is 10.4. The first-order chi connectivity index (χ1) is 9.47. The number of nitrogens with zero attached hydrogens (tertiary/aromatic N) is 1. The predicted octanol–water partition coefficient (Wildman–Crippen LogP) is 2.95. The number of aryl methyl sites for hydroxylation is 1. The summed E-state index contributed by atoms with van der Waals surface area (Å²) in [7, 11) is 0. The molecule has 1 aromatic carbocycles. The number of hydrogen-bond donors (Lipinski definition) is 2. The third-order valence-electron chi connectivity index (χ3n) is 2.76. The van der Waals surface area contributed by atoms with E-state index >= 15 is 0 Å². The van der Waals surface area contributed by atoms with Crippen molar-refractivity contribution in [3.8, 4) is 5.75 Å². The van der Waals surface area contributed by atoms with Crippen LogP contribution in [0.25, 0.3) is 0 Å². The zero-order valence-electron chi connectivity index (χ0n) is 11.0. The smallest absolute Gasteiger partial charge is 0.263 e. The van der Waals surface area contributed by atoms with Crippen LogP contribution < -0.4 is 10.1 Å². The molecule has 2 N–H and O–H groups in total. The van der Waals surface area contributed by atoms with E-state index in [0.29, 0.717) is 10.3 Å². The largest absolute Gasteiger partial charge is 0.481 e. The van der Waals surface area contributed by atoms with Crippen LogP contribution in [0.3, 0.4) is 0 Å². The second-order valence-electron chi connectivity index (χ2n) is 4.23. The molecule has 0 aliphatic heterocycles. The zero-order chi connectivity index (χ0) is 14.7. The molecule has 0 bridgehead atoms. The van der Waals surface area contributed by atoms with Crippen LogP contribution in [0.15, 0.2) is 22.7 Å². The Morgan fingerprint density at radius 1 is 1.50 bits per heavy atom. The average molecular weight is 342 g/mol. The molecule has 20 heavy (non-hydrogen) atoms. The second kappa shape index (κ2) is 6.04. The summed E-state index contributed by atoms with van der Waals surface area (Å²) in [5.74, 6) is -0.452. The Bertz CT molecular complexity index is 643. The summed E-state index contributed by atoms with van der Waals surface area (Å²) in [6.07, 6.45) is 0. The Balaban J connectivity index is 1.94. The van der Waals surface area contributed by atoms with Crippen LogP contribution in [-0.4, -0.2) is 22.7 Å². The summed E-state index contributed by atoms with van der Waals surface area (Å²) < 4.78 is 19.2. The van der Waals surface area contributed by atoms with Crippen LogP contribution in [0.5, 0.6) is 5.75 Å². The Morgan fingerprint density at radius 2 is 2.25 bits per heavy atom. The van der Waals surface area contributed by atoms with Gasteiger partial charge in [-0.25, -0.2) is 4.39 Å². The first-order valence-corrected chi connectivity index (χ1v) is 6.66. The number of benzene rings is 1. The van der Waals surface area contributed by atoms with Crippen molar-refractivity contribution < 1.29 is 13.9 Å². The van der Waals surface area contributed by atoms with E-state index in [-0.39, 0.29) is 12.4 Å². The summed E-state index contributed by atoms with van der Waals surface area (Å²) in [5, 5.41) is 9.30.